The summed E-state index contributed by atoms with van der Waals surface area (Å²) in [7, 11) is 1.73. The van der Waals surface area contributed by atoms with Crippen LogP contribution >= 0.6 is 0 Å². The van der Waals surface area contributed by atoms with E-state index in [9.17, 15) is 9.59 Å². The average molecular weight is 406 g/mol. The lowest BCUT2D eigenvalue weighted by Gasteiger charge is -2.14. The van der Waals surface area contributed by atoms with Crippen molar-refractivity contribution in [3.8, 4) is 16.9 Å². The maximum absolute atomic E-state index is 13.1. The number of carbonyl (C=O) groups is 2. The van der Waals surface area contributed by atoms with Gasteiger partial charge in [0.25, 0.3) is 5.91 Å². The molecule has 0 aliphatic carbocycles. The van der Waals surface area contributed by atoms with Crippen LogP contribution in [0.4, 0.5) is 5.69 Å². The number of hydrogen-bond acceptors (Lipinski definition) is 5. The zero-order valence-electron chi connectivity index (χ0n) is 16.8. The van der Waals surface area contributed by atoms with Gasteiger partial charge in [0.15, 0.2) is 5.69 Å². The first-order valence-electron chi connectivity index (χ1n) is 9.78. The normalized spacial score (nSPS) is 11.7. The number of amides is 2. The fourth-order valence-corrected chi connectivity index (χ4v) is 3.27. The summed E-state index contributed by atoms with van der Waals surface area (Å²) in [5.41, 5.74) is 14.2. The van der Waals surface area contributed by atoms with Gasteiger partial charge in [-0.3, -0.25) is 9.59 Å². The first kappa shape index (κ1) is 21.1. The molecular formula is C22H26N6O2. The van der Waals surface area contributed by atoms with E-state index in [1.807, 2.05) is 60.7 Å². The van der Waals surface area contributed by atoms with Gasteiger partial charge >= 0.3 is 0 Å². The van der Waals surface area contributed by atoms with E-state index < -0.39 is 17.9 Å². The summed E-state index contributed by atoms with van der Waals surface area (Å²) in [6.45, 7) is 0.405. The molecule has 0 aliphatic rings. The zero-order valence-corrected chi connectivity index (χ0v) is 16.8. The molecule has 2 aromatic carbocycles. The minimum Gasteiger partial charge on any atom is -0.384 e. The Kier molecular flexibility index (Phi) is 6.82. The molecule has 0 bridgehead atoms. The molecule has 8 heteroatoms. The molecule has 3 rings (SSSR count). The van der Waals surface area contributed by atoms with E-state index in [1.54, 1.807) is 11.7 Å². The van der Waals surface area contributed by atoms with Crippen LogP contribution < -0.4 is 22.1 Å². The second kappa shape index (κ2) is 9.71. The number of primary amides is 1. The molecule has 1 atom stereocenters. The van der Waals surface area contributed by atoms with Crippen molar-refractivity contribution in [2.24, 2.45) is 11.5 Å². The van der Waals surface area contributed by atoms with Crippen molar-refractivity contribution < 1.29 is 9.59 Å². The third kappa shape index (κ3) is 4.49. The van der Waals surface area contributed by atoms with Crippen molar-refractivity contribution in [3.05, 3.63) is 66.4 Å². The van der Waals surface area contributed by atoms with Crippen LogP contribution in [0.3, 0.4) is 0 Å². The van der Waals surface area contributed by atoms with Gasteiger partial charge in [-0.25, -0.2) is 4.68 Å². The van der Waals surface area contributed by atoms with E-state index in [0.717, 1.165) is 16.9 Å². The molecule has 0 spiro atoms. The zero-order chi connectivity index (χ0) is 21.5. The maximum Gasteiger partial charge on any atom is 0.274 e. The van der Waals surface area contributed by atoms with Crippen LogP contribution in [0.15, 0.2) is 60.7 Å². The van der Waals surface area contributed by atoms with Gasteiger partial charge < -0.3 is 22.1 Å². The Hall–Kier alpha value is -3.65. The van der Waals surface area contributed by atoms with E-state index in [0.29, 0.717) is 25.1 Å². The van der Waals surface area contributed by atoms with Crippen LogP contribution in [0.1, 0.15) is 23.3 Å². The molecule has 0 saturated heterocycles. The Morgan fingerprint density at radius 3 is 2.27 bits per heavy atom. The molecule has 0 saturated carbocycles. The number of nitrogens with one attached hydrogen (secondary N) is 2. The maximum atomic E-state index is 13.1. The van der Waals surface area contributed by atoms with Crippen molar-refractivity contribution in [1.29, 1.82) is 0 Å². The topological polar surface area (TPSA) is 128 Å². The summed E-state index contributed by atoms with van der Waals surface area (Å²) in [4.78, 5) is 24.8. The molecule has 1 aromatic heterocycles. The fourth-order valence-electron chi connectivity index (χ4n) is 3.27. The fraction of sp³-hybridized carbons (Fsp3) is 0.227. The van der Waals surface area contributed by atoms with E-state index >= 15 is 0 Å². The number of nitrogens with two attached hydrogens (primary N) is 2. The van der Waals surface area contributed by atoms with Gasteiger partial charge in [-0.1, -0.05) is 48.5 Å². The number of benzene rings is 2. The molecule has 0 fully saturated rings. The monoisotopic (exact) mass is 406 g/mol. The Morgan fingerprint density at radius 1 is 1.07 bits per heavy atom. The van der Waals surface area contributed by atoms with Crippen molar-refractivity contribution in [2.75, 3.05) is 18.9 Å². The Morgan fingerprint density at radius 2 is 1.70 bits per heavy atom. The molecule has 156 valence electrons. The Balaban J connectivity index is 2.08. The van der Waals surface area contributed by atoms with Crippen LogP contribution in [0.2, 0.25) is 0 Å². The average Bonchev–Trinajstić information content (AvgIpc) is 3.17. The highest BCUT2D eigenvalue weighted by Gasteiger charge is 2.27. The van der Waals surface area contributed by atoms with Crippen LogP contribution in [0.25, 0.3) is 16.9 Å². The first-order chi connectivity index (χ1) is 14.6. The largest absolute Gasteiger partial charge is 0.384 e. The third-order valence-electron chi connectivity index (χ3n) is 4.74. The molecule has 1 unspecified atom stereocenters. The first-order valence-corrected chi connectivity index (χ1v) is 9.78. The van der Waals surface area contributed by atoms with Crippen molar-refractivity contribution in [3.63, 3.8) is 0 Å². The minimum absolute atomic E-state index is 0.180. The number of aromatic nitrogens is 2. The summed E-state index contributed by atoms with van der Waals surface area (Å²) < 4.78 is 1.72. The highest BCUT2D eigenvalue weighted by molar-refractivity contribution is 6.03. The molecule has 6 N–H and O–H groups in total. The lowest BCUT2D eigenvalue weighted by molar-refractivity contribution is -0.120. The van der Waals surface area contributed by atoms with Gasteiger partial charge in [-0.05, 0) is 31.5 Å². The van der Waals surface area contributed by atoms with E-state index in [4.69, 9.17) is 11.5 Å². The number of para-hydroxylation sites is 1. The number of hydrogen-bond donors (Lipinski definition) is 4. The van der Waals surface area contributed by atoms with Crippen LogP contribution in [-0.2, 0) is 4.79 Å². The molecule has 8 nitrogen and oxygen atoms in total. The number of rotatable bonds is 9. The molecule has 3 aromatic rings. The van der Waals surface area contributed by atoms with Crippen molar-refractivity contribution >= 4 is 17.5 Å². The number of anilines is 1. The molecular weight excluding hydrogens is 380 g/mol. The van der Waals surface area contributed by atoms with Crippen LogP contribution in [-0.4, -0.2) is 41.2 Å². The smallest absolute Gasteiger partial charge is 0.274 e. The SMILES string of the molecule is CNc1c(C(=O)NC(CCCN)C(N)=O)nn(-c2ccccc2)c1-c1ccccc1. The molecule has 30 heavy (non-hydrogen) atoms. The predicted molar refractivity (Wildman–Crippen MR) is 117 cm³/mol. The van der Waals surface area contributed by atoms with Crippen LogP contribution in [0, 0.1) is 0 Å². The van der Waals surface area contributed by atoms with E-state index in [1.165, 1.54) is 0 Å². The number of carbonyl (C=O) groups excluding carboxylic acids is 2. The highest BCUT2D eigenvalue weighted by atomic mass is 16.2. The second-order valence-corrected chi connectivity index (χ2v) is 6.79. The van der Waals surface area contributed by atoms with Gasteiger partial charge in [0.1, 0.15) is 6.04 Å². The summed E-state index contributed by atoms with van der Waals surface area (Å²) in [5, 5.41) is 10.4. The molecule has 0 radical (unpaired) electrons. The van der Waals surface area contributed by atoms with Gasteiger partial charge in [0, 0.05) is 12.6 Å². The summed E-state index contributed by atoms with van der Waals surface area (Å²) in [6, 6.07) is 18.4. The standard InChI is InChI=1S/C22H26N6O2/c1-25-18-19(22(30)26-17(21(24)29)13-8-14-23)27-28(16-11-6-3-7-12-16)20(18)15-9-4-2-5-10-15/h2-7,9-12,17,25H,8,13-14,23H2,1H3,(H2,24,29)(H,26,30). The number of nitrogens with zero attached hydrogens (tertiary/aromatic N) is 2. The van der Waals surface area contributed by atoms with Gasteiger partial charge in [0.2, 0.25) is 5.91 Å². The van der Waals surface area contributed by atoms with Gasteiger partial charge in [-0.2, -0.15) is 5.10 Å². The summed E-state index contributed by atoms with van der Waals surface area (Å²) in [6.07, 6.45) is 0.942. The quantitative estimate of drug-likeness (QED) is 0.431. The highest BCUT2D eigenvalue weighted by Crippen LogP contribution is 2.33. The van der Waals surface area contributed by atoms with Crippen molar-refractivity contribution in [1.82, 2.24) is 15.1 Å². The van der Waals surface area contributed by atoms with Gasteiger partial charge in [-0.15, -0.1) is 0 Å². The predicted octanol–water partition coefficient (Wildman–Crippen LogP) is 1.90. The molecule has 1 heterocycles. The lowest BCUT2D eigenvalue weighted by atomic mass is 10.1. The van der Waals surface area contributed by atoms with Crippen molar-refractivity contribution in [2.45, 2.75) is 18.9 Å². The molecule has 2 amide bonds. The summed E-state index contributed by atoms with van der Waals surface area (Å²) >= 11 is 0. The minimum atomic E-state index is -0.812. The van der Waals surface area contributed by atoms with Gasteiger partial charge in [0.05, 0.1) is 17.1 Å². The Labute approximate surface area is 175 Å². The van der Waals surface area contributed by atoms with E-state index in [-0.39, 0.29) is 5.69 Å². The molecule has 0 aliphatic heterocycles. The Bertz CT molecular complexity index is 1000. The van der Waals surface area contributed by atoms with E-state index in [2.05, 4.69) is 15.7 Å². The second-order valence-electron chi connectivity index (χ2n) is 6.79. The summed E-state index contributed by atoms with van der Waals surface area (Å²) in [5.74, 6) is -1.08. The third-order valence-corrected chi connectivity index (χ3v) is 4.74. The lowest BCUT2D eigenvalue weighted by Crippen LogP contribution is -2.44. The van der Waals surface area contributed by atoms with Crippen LogP contribution in [0.5, 0.6) is 0 Å².